The Morgan fingerprint density at radius 2 is 1.67 bits per heavy atom. The Kier molecular flexibility index (Phi) is 6.96. The molecule has 0 unspecified atom stereocenters. The zero-order chi connectivity index (χ0) is 16.0. The van der Waals surface area contributed by atoms with Gasteiger partial charge in [-0.2, -0.15) is 0 Å². The van der Waals surface area contributed by atoms with Gasteiger partial charge in [0, 0.05) is 17.1 Å². The van der Waals surface area contributed by atoms with Crippen LogP contribution in [0.2, 0.25) is 0 Å². The van der Waals surface area contributed by atoms with E-state index < -0.39 is 10.0 Å². The van der Waals surface area contributed by atoms with Gasteiger partial charge >= 0.3 is 0 Å². The third-order valence-corrected chi connectivity index (χ3v) is 5.83. The summed E-state index contributed by atoms with van der Waals surface area (Å²) in [7, 11) is -0.620. The minimum absolute atomic E-state index is 0.145. The van der Waals surface area contributed by atoms with E-state index in [9.17, 15) is 8.42 Å². The van der Waals surface area contributed by atoms with Crippen molar-refractivity contribution in [3.8, 4) is 11.5 Å². The second kappa shape index (κ2) is 8.00. The Hall–Kier alpha value is -0.790. The molecule has 7 heteroatoms. The number of halogens is 1. The fraction of sp³-hybridized carbons (Fsp3) is 0.571. The van der Waals surface area contributed by atoms with Crippen LogP contribution in [0, 0.1) is 5.92 Å². The summed E-state index contributed by atoms with van der Waals surface area (Å²) in [6.45, 7) is 4.53. The van der Waals surface area contributed by atoms with Crippen LogP contribution in [-0.2, 0) is 10.0 Å². The van der Waals surface area contributed by atoms with Crippen LogP contribution in [0.3, 0.4) is 0 Å². The van der Waals surface area contributed by atoms with Gasteiger partial charge in [0.1, 0.15) is 4.90 Å². The van der Waals surface area contributed by atoms with Crippen LogP contribution in [-0.4, -0.2) is 29.2 Å². The van der Waals surface area contributed by atoms with E-state index in [2.05, 4.69) is 34.5 Å². The van der Waals surface area contributed by atoms with Crippen molar-refractivity contribution in [3.63, 3.8) is 0 Å². The summed E-state index contributed by atoms with van der Waals surface area (Å²) in [5, 5.41) is 0. The lowest BCUT2D eigenvalue weighted by Crippen LogP contribution is -2.29. The molecule has 0 atom stereocenters. The summed E-state index contributed by atoms with van der Waals surface area (Å²) in [4.78, 5) is 0.145. The molecular weight excluding hydrogens is 358 g/mol. The molecule has 0 bridgehead atoms. The maximum absolute atomic E-state index is 12.4. The molecule has 5 nitrogen and oxygen atoms in total. The largest absolute Gasteiger partial charge is 0.493 e. The molecule has 0 radical (unpaired) electrons. The Balaban J connectivity index is 3.08. The van der Waals surface area contributed by atoms with Crippen LogP contribution >= 0.6 is 15.9 Å². The highest BCUT2D eigenvalue weighted by atomic mass is 79.9. The van der Waals surface area contributed by atoms with Crippen LogP contribution < -0.4 is 14.2 Å². The van der Waals surface area contributed by atoms with Crippen LogP contribution in [0.5, 0.6) is 11.5 Å². The second-order valence-electron chi connectivity index (χ2n) is 4.67. The van der Waals surface area contributed by atoms with Crippen LogP contribution in [0.1, 0.15) is 26.7 Å². The van der Waals surface area contributed by atoms with Gasteiger partial charge in [-0.3, -0.25) is 0 Å². The summed E-state index contributed by atoms with van der Waals surface area (Å²) in [6.07, 6.45) is 1.87. The zero-order valence-electron chi connectivity index (χ0n) is 12.8. The number of rotatable bonds is 8. The van der Waals surface area contributed by atoms with Gasteiger partial charge in [0.25, 0.3) is 0 Å². The lowest BCUT2D eigenvalue weighted by atomic mass is 10.0. The lowest BCUT2D eigenvalue weighted by Gasteiger charge is -2.16. The van der Waals surface area contributed by atoms with Gasteiger partial charge in [0.05, 0.1) is 14.2 Å². The Bertz CT molecular complexity index is 571. The Morgan fingerprint density at radius 3 is 2.14 bits per heavy atom. The molecule has 1 aromatic carbocycles. The second-order valence-corrected chi connectivity index (χ2v) is 7.26. The first kappa shape index (κ1) is 18.3. The van der Waals surface area contributed by atoms with Crippen molar-refractivity contribution < 1.29 is 17.9 Å². The van der Waals surface area contributed by atoms with Crippen molar-refractivity contribution in [1.29, 1.82) is 0 Å². The van der Waals surface area contributed by atoms with Crippen LogP contribution in [0.4, 0.5) is 0 Å². The summed E-state index contributed by atoms with van der Waals surface area (Å²) >= 11 is 3.27. The molecule has 0 aromatic heterocycles. The number of ether oxygens (including phenoxy) is 2. The predicted molar refractivity (Wildman–Crippen MR) is 86.5 cm³/mol. The van der Waals surface area contributed by atoms with Crippen molar-refractivity contribution >= 4 is 26.0 Å². The Morgan fingerprint density at radius 1 is 1.14 bits per heavy atom. The zero-order valence-corrected chi connectivity index (χ0v) is 15.2. The average Bonchev–Trinajstić information content (AvgIpc) is 2.47. The molecule has 0 saturated carbocycles. The number of nitrogens with one attached hydrogen (secondary N) is 1. The van der Waals surface area contributed by atoms with Gasteiger partial charge in [0.2, 0.25) is 10.0 Å². The molecule has 0 fully saturated rings. The van der Waals surface area contributed by atoms with Gasteiger partial charge in [-0.25, -0.2) is 13.1 Å². The smallest absolute Gasteiger partial charge is 0.241 e. The van der Waals surface area contributed by atoms with Gasteiger partial charge < -0.3 is 9.47 Å². The molecule has 0 saturated heterocycles. The topological polar surface area (TPSA) is 64.6 Å². The van der Waals surface area contributed by atoms with Gasteiger partial charge in [-0.05, 0) is 27.9 Å². The molecule has 0 aliphatic rings. The predicted octanol–water partition coefficient (Wildman–Crippen LogP) is 3.18. The maximum atomic E-state index is 12.4. The monoisotopic (exact) mass is 379 g/mol. The maximum Gasteiger partial charge on any atom is 0.241 e. The number of hydrogen-bond donors (Lipinski definition) is 1. The lowest BCUT2D eigenvalue weighted by molar-refractivity contribution is 0.353. The summed E-state index contributed by atoms with van der Waals surface area (Å²) < 4.78 is 38.2. The van der Waals surface area contributed by atoms with E-state index >= 15 is 0 Å². The van der Waals surface area contributed by atoms with Crippen molar-refractivity contribution in [2.75, 3.05) is 20.8 Å². The molecule has 0 amide bonds. The molecule has 1 rings (SSSR count). The number of sulfonamides is 1. The van der Waals surface area contributed by atoms with Gasteiger partial charge in [0.15, 0.2) is 11.5 Å². The van der Waals surface area contributed by atoms with Crippen LogP contribution in [0.15, 0.2) is 21.5 Å². The first-order valence-corrected chi connectivity index (χ1v) is 9.08. The highest BCUT2D eigenvalue weighted by Gasteiger charge is 2.21. The van der Waals surface area contributed by atoms with E-state index in [1.54, 1.807) is 6.07 Å². The van der Waals surface area contributed by atoms with E-state index in [-0.39, 0.29) is 4.90 Å². The highest BCUT2D eigenvalue weighted by molar-refractivity contribution is 9.10. The fourth-order valence-electron chi connectivity index (χ4n) is 1.92. The minimum atomic E-state index is -3.60. The standard InChI is InChI=1S/C14H22BrNO4S/c1-5-10(6-2)9-16-21(17,18)14-8-13(20-4)12(19-3)7-11(14)15/h7-8,10,16H,5-6,9H2,1-4H3. The van der Waals surface area contributed by atoms with Gasteiger partial charge in [-0.1, -0.05) is 26.7 Å². The third kappa shape index (κ3) is 4.59. The molecule has 1 N–H and O–H groups in total. The summed E-state index contributed by atoms with van der Waals surface area (Å²) in [6, 6.07) is 3.04. The molecule has 0 heterocycles. The van der Waals surface area contributed by atoms with Crippen LogP contribution in [0.25, 0.3) is 0 Å². The van der Waals surface area contributed by atoms with E-state index in [1.807, 2.05) is 0 Å². The highest BCUT2D eigenvalue weighted by Crippen LogP contribution is 2.35. The van der Waals surface area contributed by atoms with Crippen molar-refractivity contribution in [3.05, 3.63) is 16.6 Å². The third-order valence-electron chi connectivity index (χ3n) is 3.44. The van der Waals surface area contributed by atoms with Crippen molar-refractivity contribution in [2.45, 2.75) is 31.6 Å². The minimum Gasteiger partial charge on any atom is -0.493 e. The fourth-order valence-corrected chi connectivity index (χ4v) is 4.07. The Labute approximate surface area is 135 Å². The van der Waals surface area contributed by atoms with Crippen molar-refractivity contribution in [1.82, 2.24) is 4.72 Å². The molecule has 0 aliphatic heterocycles. The van der Waals surface area contributed by atoms with E-state index in [4.69, 9.17) is 9.47 Å². The first-order chi connectivity index (χ1) is 9.89. The van der Waals surface area contributed by atoms with Crippen molar-refractivity contribution in [2.24, 2.45) is 5.92 Å². The normalized spacial score (nSPS) is 11.7. The van der Waals surface area contributed by atoms with E-state index in [0.29, 0.717) is 28.4 Å². The number of methoxy groups -OCH3 is 2. The molecule has 120 valence electrons. The van der Waals surface area contributed by atoms with E-state index in [0.717, 1.165) is 12.8 Å². The summed E-state index contributed by atoms with van der Waals surface area (Å²) in [5.41, 5.74) is 0. The van der Waals surface area contributed by atoms with E-state index in [1.165, 1.54) is 20.3 Å². The number of benzene rings is 1. The summed E-state index contributed by atoms with van der Waals surface area (Å²) in [5.74, 6) is 1.19. The number of hydrogen-bond acceptors (Lipinski definition) is 4. The SMILES string of the molecule is CCC(CC)CNS(=O)(=O)c1cc(OC)c(OC)cc1Br. The average molecular weight is 380 g/mol. The molecule has 0 aliphatic carbocycles. The molecule has 21 heavy (non-hydrogen) atoms. The molecule has 0 spiro atoms. The first-order valence-electron chi connectivity index (χ1n) is 6.80. The van der Waals surface area contributed by atoms with Gasteiger partial charge in [-0.15, -0.1) is 0 Å². The molecule has 1 aromatic rings. The molecular formula is C14H22BrNO4S. The quantitative estimate of drug-likeness (QED) is 0.753.